The van der Waals surface area contributed by atoms with E-state index >= 15 is 0 Å². The molecule has 1 aliphatic rings. The first-order valence-corrected chi connectivity index (χ1v) is 5.34. The minimum absolute atomic E-state index is 0.0301. The molecule has 0 radical (unpaired) electrons. The molecule has 0 atom stereocenters. The largest absolute Gasteiger partial charge is 0.481 e. The maximum atomic E-state index is 11.2. The van der Waals surface area contributed by atoms with Gasteiger partial charge in [-0.2, -0.15) is 0 Å². The number of rotatable bonds is 4. The lowest BCUT2D eigenvalue weighted by Crippen LogP contribution is -2.46. The van der Waals surface area contributed by atoms with E-state index in [9.17, 15) is 14.7 Å². The van der Waals surface area contributed by atoms with Gasteiger partial charge in [-0.05, 0) is 25.7 Å². The number of aliphatic hydroxyl groups excluding tert-OH is 1. The zero-order chi connectivity index (χ0) is 12.2. The number of carboxylic acids is 1. The highest BCUT2D eigenvalue weighted by Crippen LogP contribution is 2.36. The highest BCUT2D eigenvalue weighted by Gasteiger charge is 2.41. The normalized spacial score (nSPS) is 19.4. The number of hydrogen-bond donors (Lipinski definition) is 3. The van der Waals surface area contributed by atoms with Gasteiger partial charge >= 0.3 is 12.1 Å². The van der Waals surface area contributed by atoms with Crippen LogP contribution in [0.1, 0.15) is 25.7 Å². The van der Waals surface area contributed by atoms with Crippen molar-refractivity contribution in [3.63, 3.8) is 0 Å². The van der Waals surface area contributed by atoms with Crippen LogP contribution in [0.2, 0.25) is 0 Å². The van der Waals surface area contributed by atoms with Gasteiger partial charge in [-0.25, -0.2) is 4.79 Å². The Labute approximate surface area is 93.5 Å². The van der Waals surface area contributed by atoms with Gasteiger partial charge < -0.3 is 20.2 Å². The lowest BCUT2D eigenvalue weighted by atomic mass is 9.75. The van der Waals surface area contributed by atoms with Gasteiger partial charge in [0.15, 0.2) is 0 Å². The van der Waals surface area contributed by atoms with E-state index in [1.165, 1.54) is 4.90 Å². The Morgan fingerprint density at radius 3 is 2.12 bits per heavy atom. The smallest absolute Gasteiger partial charge is 0.407 e. The maximum absolute atomic E-state index is 11.2. The summed E-state index contributed by atoms with van der Waals surface area (Å²) in [6.45, 7) is 0.484. The molecular weight excluding hydrogens is 214 g/mol. The Kier molecular flexibility index (Phi) is 4.12. The number of aliphatic hydroxyl groups is 1. The van der Waals surface area contributed by atoms with Crippen molar-refractivity contribution in [3.8, 4) is 0 Å². The van der Waals surface area contributed by atoms with Gasteiger partial charge in [0.05, 0.1) is 5.41 Å². The standard InChI is InChI=1S/C10H17NO5/c12-7-1-2-10(8(13)14)3-5-11(6-4-10)9(15)16/h12H,1-7H2,(H,13,14)(H,15,16). The summed E-state index contributed by atoms with van der Waals surface area (Å²) in [4.78, 5) is 23.1. The van der Waals surface area contributed by atoms with Crippen molar-refractivity contribution in [1.29, 1.82) is 0 Å². The number of aliphatic carboxylic acids is 1. The van der Waals surface area contributed by atoms with Crippen LogP contribution in [0.15, 0.2) is 0 Å². The fourth-order valence-corrected chi connectivity index (χ4v) is 2.11. The molecule has 92 valence electrons. The van der Waals surface area contributed by atoms with Crippen molar-refractivity contribution in [2.24, 2.45) is 5.41 Å². The number of amides is 1. The van der Waals surface area contributed by atoms with Gasteiger partial charge in [0.1, 0.15) is 0 Å². The number of piperidine rings is 1. The van der Waals surface area contributed by atoms with Gasteiger partial charge in [0.25, 0.3) is 0 Å². The molecular formula is C10H17NO5. The third-order valence-electron chi connectivity index (χ3n) is 3.26. The van der Waals surface area contributed by atoms with E-state index < -0.39 is 17.5 Å². The predicted molar refractivity (Wildman–Crippen MR) is 55.2 cm³/mol. The molecule has 0 saturated carbocycles. The monoisotopic (exact) mass is 231 g/mol. The van der Waals surface area contributed by atoms with Crippen molar-refractivity contribution in [2.75, 3.05) is 19.7 Å². The lowest BCUT2D eigenvalue weighted by Gasteiger charge is -2.37. The Morgan fingerprint density at radius 1 is 1.19 bits per heavy atom. The quantitative estimate of drug-likeness (QED) is 0.658. The van der Waals surface area contributed by atoms with E-state index in [-0.39, 0.29) is 19.7 Å². The minimum atomic E-state index is -0.999. The second-order valence-electron chi connectivity index (χ2n) is 4.18. The summed E-state index contributed by atoms with van der Waals surface area (Å²) in [7, 11) is 0. The molecule has 6 heteroatoms. The first-order valence-electron chi connectivity index (χ1n) is 5.34. The van der Waals surface area contributed by atoms with Crippen LogP contribution in [0.4, 0.5) is 4.79 Å². The molecule has 1 amide bonds. The Morgan fingerprint density at radius 2 is 1.75 bits per heavy atom. The van der Waals surface area contributed by atoms with Gasteiger partial charge in [0, 0.05) is 19.7 Å². The summed E-state index contributed by atoms with van der Waals surface area (Å²) in [5, 5.41) is 26.7. The third kappa shape index (κ3) is 2.63. The van der Waals surface area contributed by atoms with Crippen LogP contribution in [-0.2, 0) is 4.79 Å². The van der Waals surface area contributed by atoms with Crippen LogP contribution < -0.4 is 0 Å². The van der Waals surface area contributed by atoms with E-state index in [4.69, 9.17) is 10.2 Å². The molecule has 0 bridgehead atoms. The number of hydrogen-bond acceptors (Lipinski definition) is 3. The molecule has 0 aromatic rings. The molecule has 0 aromatic carbocycles. The molecule has 0 unspecified atom stereocenters. The number of carboxylic acid groups (broad SMARTS) is 2. The average Bonchev–Trinajstić information content (AvgIpc) is 2.26. The van der Waals surface area contributed by atoms with Gasteiger partial charge in [0.2, 0.25) is 0 Å². The highest BCUT2D eigenvalue weighted by atomic mass is 16.4. The molecule has 1 saturated heterocycles. The van der Waals surface area contributed by atoms with Crippen molar-refractivity contribution >= 4 is 12.1 Å². The molecule has 1 aliphatic heterocycles. The van der Waals surface area contributed by atoms with Gasteiger partial charge in [-0.1, -0.05) is 0 Å². The summed E-state index contributed by atoms with van der Waals surface area (Å²) in [6, 6.07) is 0. The third-order valence-corrected chi connectivity index (χ3v) is 3.26. The summed E-state index contributed by atoms with van der Waals surface area (Å²) >= 11 is 0. The topological polar surface area (TPSA) is 98.1 Å². The summed E-state index contributed by atoms with van der Waals surface area (Å²) in [5.74, 6) is -0.883. The molecule has 16 heavy (non-hydrogen) atoms. The average molecular weight is 231 g/mol. The number of carbonyl (C=O) groups is 2. The fraction of sp³-hybridized carbons (Fsp3) is 0.800. The number of likely N-dealkylation sites (tertiary alicyclic amines) is 1. The first-order chi connectivity index (χ1) is 7.52. The maximum Gasteiger partial charge on any atom is 0.407 e. The van der Waals surface area contributed by atoms with Crippen LogP contribution in [-0.4, -0.2) is 52.0 Å². The SMILES string of the molecule is O=C(O)N1CCC(CCCO)(C(=O)O)CC1. The second kappa shape index (κ2) is 5.16. The van der Waals surface area contributed by atoms with Crippen molar-refractivity contribution in [3.05, 3.63) is 0 Å². The molecule has 3 N–H and O–H groups in total. The fourth-order valence-electron chi connectivity index (χ4n) is 2.11. The number of nitrogens with zero attached hydrogens (tertiary/aromatic N) is 1. The van der Waals surface area contributed by atoms with E-state index in [0.29, 0.717) is 25.7 Å². The first kappa shape index (κ1) is 12.8. The van der Waals surface area contributed by atoms with Gasteiger partial charge in [-0.15, -0.1) is 0 Å². The molecule has 1 rings (SSSR count). The summed E-state index contributed by atoms with van der Waals surface area (Å²) in [6.07, 6.45) is 0.510. The highest BCUT2D eigenvalue weighted by molar-refractivity contribution is 5.75. The summed E-state index contributed by atoms with van der Waals surface area (Å²) < 4.78 is 0. The molecule has 1 fully saturated rings. The minimum Gasteiger partial charge on any atom is -0.481 e. The van der Waals surface area contributed by atoms with E-state index in [2.05, 4.69) is 0 Å². The van der Waals surface area contributed by atoms with Crippen molar-refractivity contribution in [2.45, 2.75) is 25.7 Å². The van der Waals surface area contributed by atoms with E-state index in [0.717, 1.165) is 0 Å². The molecule has 0 aromatic heterocycles. The van der Waals surface area contributed by atoms with Crippen LogP contribution in [0, 0.1) is 5.41 Å². The van der Waals surface area contributed by atoms with Crippen LogP contribution in [0.25, 0.3) is 0 Å². The molecule has 1 heterocycles. The summed E-state index contributed by atoms with van der Waals surface area (Å²) in [5.41, 5.74) is -0.852. The van der Waals surface area contributed by atoms with Crippen LogP contribution >= 0.6 is 0 Å². The van der Waals surface area contributed by atoms with Crippen molar-refractivity contribution < 1.29 is 24.9 Å². The Hall–Kier alpha value is -1.30. The Balaban J connectivity index is 2.62. The van der Waals surface area contributed by atoms with Gasteiger partial charge in [-0.3, -0.25) is 4.79 Å². The zero-order valence-electron chi connectivity index (χ0n) is 9.06. The Bertz CT molecular complexity index is 270. The van der Waals surface area contributed by atoms with E-state index in [1.807, 2.05) is 0 Å². The van der Waals surface area contributed by atoms with Crippen molar-refractivity contribution in [1.82, 2.24) is 4.90 Å². The second-order valence-corrected chi connectivity index (χ2v) is 4.18. The molecule has 0 aliphatic carbocycles. The predicted octanol–water partition coefficient (Wildman–Crippen LogP) is 0.604. The lowest BCUT2D eigenvalue weighted by molar-refractivity contribution is -0.152. The molecule has 0 spiro atoms. The molecule has 6 nitrogen and oxygen atoms in total. The van der Waals surface area contributed by atoms with E-state index in [1.54, 1.807) is 0 Å². The van der Waals surface area contributed by atoms with Crippen LogP contribution in [0.5, 0.6) is 0 Å². The zero-order valence-corrected chi connectivity index (χ0v) is 9.06. The van der Waals surface area contributed by atoms with Crippen LogP contribution in [0.3, 0.4) is 0 Å².